The Morgan fingerprint density at radius 1 is 1.07 bits per heavy atom. The van der Waals surface area contributed by atoms with Crippen LogP contribution in [-0.2, 0) is 6.18 Å². The summed E-state index contributed by atoms with van der Waals surface area (Å²) in [7, 11) is 0. The highest BCUT2D eigenvalue weighted by atomic mass is 19.4. The van der Waals surface area contributed by atoms with Gasteiger partial charge in [0.1, 0.15) is 35.0 Å². The number of ether oxygens (including phenoxy) is 1. The van der Waals surface area contributed by atoms with Gasteiger partial charge in [0.05, 0.1) is 16.3 Å². The third kappa shape index (κ3) is 4.51. The Kier molecular flexibility index (Phi) is 6.14. The number of hydrogen-bond donors (Lipinski definition) is 2. The van der Waals surface area contributed by atoms with Gasteiger partial charge in [-0.1, -0.05) is 0 Å². The van der Waals surface area contributed by atoms with Crippen molar-refractivity contribution in [3.63, 3.8) is 0 Å². The van der Waals surface area contributed by atoms with Gasteiger partial charge in [-0.2, -0.15) is 23.1 Å². The fraction of sp³-hybridized carbons (Fsp3) is 0.567. The van der Waals surface area contributed by atoms with Crippen molar-refractivity contribution in [2.75, 3.05) is 43.4 Å². The van der Waals surface area contributed by atoms with Crippen molar-refractivity contribution in [1.29, 1.82) is 0 Å². The number of anilines is 2. The van der Waals surface area contributed by atoms with Crippen LogP contribution in [-0.4, -0.2) is 76.2 Å². The van der Waals surface area contributed by atoms with Crippen LogP contribution >= 0.6 is 0 Å². The van der Waals surface area contributed by atoms with Gasteiger partial charge in [-0.05, 0) is 50.8 Å². The van der Waals surface area contributed by atoms with Crippen LogP contribution in [0.2, 0.25) is 0 Å². The van der Waals surface area contributed by atoms with Crippen LogP contribution in [0.1, 0.15) is 44.1 Å². The van der Waals surface area contributed by atoms with Crippen LogP contribution < -0.4 is 20.7 Å². The Balaban J connectivity index is 1.22. The molecule has 1 spiro atoms. The van der Waals surface area contributed by atoms with Gasteiger partial charge in [0.2, 0.25) is 0 Å². The number of pyridine rings is 1. The van der Waals surface area contributed by atoms with Gasteiger partial charge < -0.3 is 20.7 Å². The smallest absolute Gasteiger partial charge is 0.419 e. The van der Waals surface area contributed by atoms with E-state index in [1.54, 1.807) is 0 Å². The molecular weight excluding hydrogens is 607 g/mol. The van der Waals surface area contributed by atoms with E-state index in [0.29, 0.717) is 37.9 Å². The number of nitrogens with zero attached hydrogens (tertiary/aromatic N) is 5. The lowest BCUT2D eigenvalue weighted by molar-refractivity contribution is -0.139. The summed E-state index contributed by atoms with van der Waals surface area (Å²) in [5, 5.41) is 3.66. The van der Waals surface area contributed by atoms with Crippen LogP contribution in [0, 0.1) is 17.0 Å². The summed E-state index contributed by atoms with van der Waals surface area (Å²) < 4.78 is 108. The molecule has 1 aliphatic carbocycles. The number of nitrogens with one attached hydrogen (secondary N) is 1. The number of halogens is 7. The zero-order valence-electron chi connectivity index (χ0n) is 24.0. The molecule has 1 aromatic carbocycles. The predicted molar refractivity (Wildman–Crippen MR) is 150 cm³/mol. The van der Waals surface area contributed by atoms with Crippen molar-refractivity contribution < 1.29 is 35.5 Å². The number of piperazine rings is 1. The first-order chi connectivity index (χ1) is 21.3. The van der Waals surface area contributed by atoms with Gasteiger partial charge >= 0.3 is 12.2 Å². The Morgan fingerprint density at radius 3 is 2.49 bits per heavy atom. The topological polar surface area (TPSA) is 92.4 Å². The molecule has 2 bridgehead atoms. The highest BCUT2D eigenvalue weighted by Crippen LogP contribution is 2.69. The number of fused-ring (bicyclic) bond motifs is 4. The van der Waals surface area contributed by atoms with E-state index in [-0.39, 0.29) is 60.7 Å². The third-order valence-corrected chi connectivity index (χ3v) is 10.4. The van der Waals surface area contributed by atoms with Crippen molar-refractivity contribution in [2.45, 2.75) is 68.2 Å². The molecule has 15 heteroatoms. The van der Waals surface area contributed by atoms with Crippen LogP contribution in [0.25, 0.3) is 22.2 Å². The minimum Gasteiger partial charge on any atom is -0.461 e. The molecule has 45 heavy (non-hydrogen) atoms. The minimum atomic E-state index is -5.16. The Bertz CT molecular complexity index is 1710. The van der Waals surface area contributed by atoms with E-state index in [4.69, 9.17) is 10.5 Å². The highest BCUT2D eigenvalue weighted by molar-refractivity contribution is 5.92. The molecule has 0 radical (unpaired) electrons. The summed E-state index contributed by atoms with van der Waals surface area (Å²) in [5.74, 6) is -5.29. The summed E-state index contributed by atoms with van der Waals surface area (Å²) in [5.41, 5.74) is -0.0558. The van der Waals surface area contributed by atoms with Gasteiger partial charge in [0, 0.05) is 55.6 Å². The van der Waals surface area contributed by atoms with E-state index in [0.717, 1.165) is 25.3 Å². The molecule has 8 rings (SSSR count). The standard InChI is InChI=1S/C30H30F7N7O/c31-20-7-15(38)6-18(21(20)30(35,36)37)23-22(32)24-19(8-39-23)25(43-9-16-2-3-17(10-43)40-16)42-26(41-24)45-14-28-4-1-5-44(28)13-27(11-28)12-29(27,33)34/h6-8,16-17,40H,1-5,9-14,38H2/t16-,17+,27-,28-/m0/s1. The minimum absolute atomic E-state index is 0.000788. The van der Waals surface area contributed by atoms with Crippen LogP contribution in [0.5, 0.6) is 6.01 Å². The first-order valence-electron chi connectivity index (χ1n) is 15.1. The molecule has 4 saturated heterocycles. The number of nitrogen functional groups attached to an aromatic ring is 1. The predicted octanol–water partition coefficient (Wildman–Crippen LogP) is 5.15. The second-order valence-electron chi connectivity index (χ2n) is 13.4. The average Bonchev–Trinajstić information content (AvgIpc) is 3.29. The molecule has 8 nitrogen and oxygen atoms in total. The van der Waals surface area contributed by atoms with Crippen molar-refractivity contribution in [3.05, 3.63) is 35.5 Å². The molecule has 0 unspecified atom stereocenters. The van der Waals surface area contributed by atoms with E-state index in [1.165, 1.54) is 6.20 Å². The normalized spacial score (nSPS) is 30.4. The lowest BCUT2D eigenvalue weighted by Gasteiger charge is -2.34. The summed E-state index contributed by atoms with van der Waals surface area (Å²) in [4.78, 5) is 16.9. The molecule has 5 fully saturated rings. The number of hydrogen-bond acceptors (Lipinski definition) is 8. The van der Waals surface area contributed by atoms with Gasteiger partial charge in [-0.15, -0.1) is 0 Å². The van der Waals surface area contributed by atoms with E-state index >= 15 is 4.39 Å². The number of aromatic nitrogens is 3. The molecule has 4 atom stereocenters. The maximum atomic E-state index is 16.4. The molecule has 3 N–H and O–H groups in total. The average molecular weight is 638 g/mol. The number of rotatable bonds is 5. The van der Waals surface area contributed by atoms with E-state index in [2.05, 4.69) is 20.3 Å². The van der Waals surface area contributed by atoms with Crippen LogP contribution in [0.15, 0.2) is 18.3 Å². The van der Waals surface area contributed by atoms with Crippen LogP contribution in [0.3, 0.4) is 0 Å². The highest BCUT2D eigenvalue weighted by Gasteiger charge is 2.77. The molecule has 240 valence electrons. The third-order valence-electron chi connectivity index (χ3n) is 10.4. The van der Waals surface area contributed by atoms with Crippen molar-refractivity contribution >= 4 is 22.4 Å². The fourth-order valence-electron chi connectivity index (χ4n) is 8.24. The summed E-state index contributed by atoms with van der Waals surface area (Å²) >= 11 is 0. The number of alkyl halides is 5. The lowest BCUT2D eigenvalue weighted by atomic mass is 9.89. The molecule has 1 saturated carbocycles. The fourth-order valence-corrected chi connectivity index (χ4v) is 8.24. The first kappa shape index (κ1) is 29.0. The molecule has 4 aliphatic heterocycles. The largest absolute Gasteiger partial charge is 0.461 e. The summed E-state index contributed by atoms with van der Waals surface area (Å²) in [6.45, 7) is 2.02. The van der Waals surface area contributed by atoms with Crippen molar-refractivity contribution in [1.82, 2.24) is 25.2 Å². The van der Waals surface area contributed by atoms with E-state index in [1.807, 2.05) is 9.80 Å². The van der Waals surface area contributed by atoms with Gasteiger partial charge in [0.25, 0.3) is 5.92 Å². The lowest BCUT2D eigenvalue weighted by Crippen LogP contribution is -2.51. The Morgan fingerprint density at radius 2 is 1.80 bits per heavy atom. The first-order valence-corrected chi connectivity index (χ1v) is 15.1. The number of benzene rings is 1. The Labute approximate surface area is 253 Å². The van der Waals surface area contributed by atoms with Gasteiger partial charge in [-0.25, -0.2) is 17.6 Å². The quantitative estimate of drug-likeness (QED) is 0.293. The van der Waals surface area contributed by atoms with Gasteiger partial charge in [0.15, 0.2) is 5.82 Å². The zero-order chi connectivity index (χ0) is 31.5. The summed E-state index contributed by atoms with van der Waals surface area (Å²) in [6, 6.07) is 1.46. The summed E-state index contributed by atoms with van der Waals surface area (Å²) in [6.07, 6.45) is -0.525. The van der Waals surface area contributed by atoms with Crippen molar-refractivity contribution in [3.8, 4) is 17.3 Å². The molecule has 2 aromatic heterocycles. The molecule has 0 amide bonds. The molecular formula is C30H30F7N7O. The van der Waals surface area contributed by atoms with E-state index < -0.39 is 51.5 Å². The Hall–Kier alpha value is -3.46. The zero-order valence-corrected chi connectivity index (χ0v) is 24.0. The SMILES string of the molecule is Nc1cc(F)c(C(F)(F)F)c(-c2ncc3c(N4C[C@H]5CC[C@@H](C4)N5)nc(OC[C@@]45CCCN4C[C@@]4(CC4(F)F)C5)nc3c2F)c1. The van der Waals surface area contributed by atoms with Crippen molar-refractivity contribution in [2.24, 2.45) is 5.41 Å². The second-order valence-corrected chi connectivity index (χ2v) is 13.4. The molecule has 6 heterocycles. The maximum Gasteiger partial charge on any atom is 0.419 e. The molecule has 3 aromatic rings. The van der Waals surface area contributed by atoms with E-state index in [9.17, 15) is 26.3 Å². The molecule has 5 aliphatic rings. The maximum absolute atomic E-state index is 16.4. The van der Waals surface area contributed by atoms with Gasteiger partial charge in [-0.3, -0.25) is 9.88 Å². The van der Waals surface area contributed by atoms with Crippen LogP contribution in [0.4, 0.5) is 42.2 Å². The number of nitrogens with two attached hydrogens (primary N) is 1. The second kappa shape index (κ2) is 9.53. The monoisotopic (exact) mass is 637 g/mol.